The smallest absolute Gasteiger partial charge is 0.244 e. The summed E-state index contributed by atoms with van der Waals surface area (Å²) >= 11 is 5.66. The van der Waals surface area contributed by atoms with Gasteiger partial charge < -0.3 is 4.74 Å². The highest BCUT2D eigenvalue weighted by atomic mass is 127. The predicted octanol–water partition coefficient (Wildman–Crippen LogP) is 5.33. The molecule has 1 N–H and O–H groups in total. The van der Waals surface area contributed by atoms with Crippen LogP contribution >= 0.6 is 38.5 Å². The molecule has 3 aromatic carbocycles. The molecule has 0 fully saturated rings. The Labute approximate surface area is 186 Å². The van der Waals surface area contributed by atoms with Crippen LogP contribution in [0.3, 0.4) is 0 Å². The molecule has 0 saturated carbocycles. The first-order valence-electron chi connectivity index (χ1n) is 8.62. The van der Waals surface area contributed by atoms with E-state index in [1.165, 1.54) is 3.57 Å². The van der Waals surface area contributed by atoms with Crippen LogP contribution in [-0.4, -0.2) is 12.1 Å². The van der Waals surface area contributed by atoms with Gasteiger partial charge in [-0.25, -0.2) is 5.43 Å². The lowest BCUT2D eigenvalue weighted by atomic mass is 10.1. The van der Waals surface area contributed by atoms with Crippen molar-refractivity contribution in [1.29, 1.82) is 0 Å². The summed E-state index contributed by atoms with van der Waals surface area (Å²) in [7, 11) is 0. The number of hydrogen-bond donors (Lipinski definition) is 1. The molecule has 28 heavy (non-hydrogen) atoms. The van der Waals surface area contributed by atoms with Gasteiger partial charge in [0.15, 0.2) is 0 Å². The topological polar surface area (TPSA) is 50.7 Å². The van der Waals surface area contributed by atoms with Gasteiger partial charge in [0.05, 0.1) is 12.6 Å². The van der Waals surface area contributed by atoms with Crippen molar-refractivity contribution in [2.24, 2.45) is 5.10 Å². The average Bonchev–Trinajstić information content (AvgIpc) is 2.70. The maximum Gasteiger partial charge on any atom is 0.244 e. The molecule has 0 aromatic heterocycles. The van der Waals surface area contributed by atoms with Crippen molar-refractivity contribution in [3.8, 4) is 5.75 Å². The van der Waals surface area contributed by atoms with E-state index in [1.54, 1.807) is 6.21 Å². The van der Waals surface area contributed by atoms with Crippen LogP contribution in [0, 0.1) is 3.57 Å². The lowest BCUT2D eigenvalue weighted by molar-refractivity contribution is -0.120. The van der Waals surface area contributed by atoms with Crippen molar-refractivity contribution in [3.05, 3.63) is 97.5 Å². The number of rotatable bonds is 7. The summed E-state index contributed by atoms with van der Waals surface area (Å²) in [4.78, 5) is 11.9. The number of amides is 1. The molecular weight excluding hydrogens is 531 g/mol. The van der Waals surface area contributed by atoms with Crippen molar-refractivity contribution in [3.63, 3.8) is 0 Å². The standard InChI is InChI=1S/C22H18BrIN2O2/c23-19-7-1-16(2-8-19)13-22(27)26-25-14-17-5-11-21(12-6-17)28-15-18-3-9-20(24)10-4-18/h1-12,14H,13,15H2,(H,26,27)/b25-14-. The van der Waals surface area contributed by atoms with Crippen LogP contribution in [0.15, 0.2) is 82.4 Å². The monoisotopic (exact) mass is 548 g/mol. The second-order valence-electron chi connectivity index (χ2n) is 6.08. The minimum atomic E-state index is -0.156. The second-order valence-corrected chi connectivity index (χ2v) is 8.24. The van der Waals surface area contributed by atoms with E-state index < -0.39 is 0 Å². The lowest BCUT2D eigenvalue weighted by Crippen LogP contribution is -2.19. The summed E-state index contributed by atoms with van der Waals surface area (Å²) in [5.74, 6) is 0.631. The van der Waals surface area contributed by atoms with Gasteiger partial charge in [0, 0.05) is 8.04 Å². The van der Waals surface area contributed by atoms with Gasteiger partial charge in [-0.15, -0.1) is 0 Å². The molecule has 0 spiro atoms. The minimum Gasteiger partial charge on any atom is -0.489 e. The molecule has 4 nitrogen and oxygen atoms in total. The fourth-order valence-electron chi connectivity index (χ4n) is 2.40. The summed E-state index contributed by atoms with van der Waals surface area (Å²) in [5.41, 5.74) is 5.49. The van der Waals surface area contributed by atoms with E-state index in [4.69, 9.17) is 4.74 Å². The van der Waals surface area contributed by atoms with Gasteiger partial charge in [-0.3, -0.25) is 4.79 Å². The van der Waals surface area contributed by atoms with E-state index in [-0.39, 0.29) is 12.3 Å². The molecule has 3 rings (SSSR count). The summed E-state index contributed by atoms with van der Waals surface area (Å²) < 4.78 is 7.97. The predicted molar refractivity (Wildman–Crippen MR) is 124 cm³/mol. The molecule has 0 bridgehead atoms. The van der Waals surface area contributed by atoms with Crippen molar-refractivity contribution < 1.29 is 9.53 Å². The largest absolute Gasteiger partial charge is 0.489 e. The van der Waals surface area contributed by atoms with Gasteiger partial charge >= 0.3 is 0 Å². The summed E-state index contributed by atoms with van der Waals surface area (Å²) in [6.45, 7) is 0.524. The van der Waals surface area contributed by atoms with Crippen molar-refractivity contribution in [2.45, 2.75) is 13.0 Å². The molecular formula is C22H18BrIN2O2. The molecule has 0 atom stereocenters. The normalized spacial score (nSPS) is 10.8. The third-order valence-corrected chi connectivity index (χ3v) is 5.13. The lowest BCUT2D eigenvalue weighted by Gasteiger charge is -2.06. The Hall–Kier alpha value is -2.19. The molecule has 0 radical (unpaired) electrons. The van der Waals surface area contributed by atoms with Crippen LogP contribution in [-0.2, 0) is 17.8 Å². The van der Waals surface area contributed by atoms with Gasteiger partial charge in [0.25, 0.3) is 0 Å². The first kappa shape index (κ1) is 20.5. The fourth-order valence-corrected chi connectivity index (χ4v) is 3.03. The zero-order valence-corrected chi connectivity index (χ0v) is 18.7. The Morgan fingerprint density at radius 2 is 1.61 bits per heavy atom. The van der Waals surface area contributed by atoms with Crippen LogP contribution < -0.4 is 10.2 Å². The third kappa shape index (κ3) is 6.76. The van der Waals surface area contributed by atoms with Gasteiger partial charge in [0.2, 0.25) is 5.91 Å². The van der Waals surface area contributed by atoms with Gasteiger partial charge in [0.1, 0.15) is 12.4 Å². The maximum absolute atomic E-state index is 11.9. The van der Waals surface area contributed by atoms with Crippen LogP contribution in [0.5, 0.6) is 5.75 Å². The highest BCUT2D eigenvalue weighted by Gasteiger charge is 2.02. The molecule has 1 amide bonds. The first-order chi connectivity index (χ1) is 13.6. The van der Waals surface area contributed by atoms with Crippen LogP contribution in [0.4, 0.5) is 0 Å². The molecule has 6 heteroatoms. The maximum atomic E-state index is 11.9. The fraction of sp³-hybridized carbons (Fsp3) is 0.0909. The van der Waals surface area contributed by atoms with E-state index in [2.05, 4.69) is 73.3 Å². The molecule has 0 aliphatic carbocycles. The Morgan fingerprint density at radius 1 is 0.964 bits per heavy atom. The Kier molecular flexibility index (Phi) is 7.62. The number of halogens is 2. The van der Waals surface area contributed by atoms with Gasteiger partial charge in [-0.05, 0) is 87.8 Å². The highest BCUT2D eigenvalue weighted by Crippen LogP contribution is 2.14. The van der Waals surface area contributed by atoms with E-state index in [9.17, 15) is 4.79 Å². The molecule has 0 aliphatic heterocycles. The van der Waals surface area contributed by atoms with E-state index >= 15 is 0 Å². The van der Waals surface area contributed by atoms with E-state index in [1.807, 2.05) is 48.5 Å². The SMILES string of the molecule is O=C(Cc1ccc(Br)cc1)N/N=C\c1ccc(OCc2ccc(I)cc2)cc1. The van der Waals surface area contributed by atoms with E-state index in [0.29, 0.717) is 6.61 Å². The minimum absolute atomic E-state index is 0.156. The summed E-state index contributed by atoms with van der Waals surface area (Å²) in [6.07, 6.45) is 1.90. The first-order valence-corrected chi connectivity index (χ1v) is 10.5. The number of benzene rings is 3. The number of nitrogens with zero attached hydrogens (tertiary/aromatic N) is 1. The van der Waals surface area contributed by atoms with Crippen LogP contribution in [0.2, 0.25) is 0 Å². The molecule has 0 saturated heterocycles. The van der Waals surface area contributed by atoms with Gasteiger partial charge in [-0.1, -0.05) is 40.2 Å². The Balaban J connectivity index is 1.45. The summed E-state index contributed by atoms with van der Waals surface area (Å²) in [6, 6.07) is 23.4. The number of hydrazone groups is 1. The number of ether oxygens (including phenoxy) is 1. The number of carbonyl (C=O) groups is 1. The number of hydrogen-bond acceptors (Lipinski definition) is 3. The zero-order valence-electron chi connectivity index (χ0n) is 14.9. The Bertz CT molecular complexity index is 940. The molecule has 0 unspecified atom stereocenters. The molecule has 0 heterocycles. The van der Waals surface area contributed by atoms with E-state index in [0.717, 1.165) is 26.9 Å². The highest BCUT2D eigenvalue weighted by molar-refractivity contribution is 14.1. The molecule has 0 aliphatic rings. The van der Waals surface area contributed by atoms with Gasteiger partial charge in [-0.2, -0.15) is 5.10 Å². The van der Waals surface area contributed by atoms with Crippen LogP contribution in [0.25, 0.3) is 0 Å². The molecule has 3 aromatic rings. The zero-order chi connectivity index (χ0) is 19.8. The van der Waals surface area contributed by atoms with Crippen molar-refractivity contribution in [1.82, 2.24) is 5.43 Å². The second kappa shape index (κ2) is 10.4. The van der Waals surface area contributed by atoms with Crippen molar-refractivity contribution >= 4 is 50.6 Å². The number of nitrogens with one attached hydrogen (secondary N) is 1. The Morgan fingerprint density at radius 3 is 2.29 bits per heavy atom. The average molecular weight is 549 g/mol. The molecule has 142 valence electrons. The summed E-state index contributed by atoms with van der Waals surface area (Å²) in [5, 5.41) is 4.01. The number of carbonyl (C=O) groups excluding carboxylic acids is 1. The third-order valence-electron chi connectivity index (χ3n) is 3.88. The van der Waals surface area contributed by atoms with Crippen molar-refractivity contribution in [2.75, 3.05) is 0 Å². The quantitative estimate of drug-likeness (QED) is 0.247. The van der Waals surface area contributed by atoms with Crippen LogP contribution in [0.1, 0.15) is 16.7 Å².